The molecule has 0 atom stereocenters. The van der Waals surface area contributed by atoms with Gasteiger partial charge in [-0.2, -0.15) is 0 Å². The summed E-state index contributed by atoms with van der Waals surface area (Å²) in [5.74, 6) is 0. The van der Waals surface area contributed by atoms with Crippen LogP contribution >= 0.6 is 15.8 Å². The zero-order valence-corrected chi connectivity index (χ0v) is 22.3. The van der Waals surface area contributed by atoms with Gasteiger partial charge in [0.15, 0.2) is 0 Å². The largest absolute Gasteiger partial charge is 0.329 e. The molecule has 4 aromatic carbocycles. The number of benzene rings is 4. The van der Waals surface area contributed by atoms with Gasteiger partial charge in [0.1, 0.15) is 0 Å². The predicted octanol–water partition coefficient (Wildman–Crippen LogP) is 4.15. The normalized spacial score (nSPS) is 10.3. The van der Waals surface area contributed by atoms with Gasteiger partial charge in [-0.3, -0.25) is 0 Å². The van der Waals surface area contributed by atoms with Gasteiger partial charge >= 0.3 is 0 Å². The number of rotatable bonds is 8. The Labute approximate surface area is 214 Å². The third kappa shape index (κ3) is 8.86. The summed E-state index contributed by atoms with van der Waals surface area (Å²) < 4.78 is 0. The molecular weight excluding hydrogens is 527 g/mol. The van der Waals surface area contributed by atoms with Crippen LogP contribution in [0.4, 0.5) is 0 Å². The first-order valence-corrected chi connectivity index (χ1v) is 14.0. The van der Waals surface area contributed by atoms with E-state index < -0.39 is 0 Å². The summed E-state index contributed by atoms with van der Waals surface area (Å²) in [7, 11) is -0.696. The molecule has 0 aromatic heterocycles. The molecule has 0 fully saturated rings. The third-order valence-electron chi connectivity index (χ3n) is 4.99. The van der Waals surface area contributed by atoms with Gasteiger partial charge in [0, 0.05) is 32.6 Å². The first-order chi connectivity index (χ1) is 15.8. The van der Waals surface area contributed by atoms with Crippen molar-refractivity contribution in [1.82, 2.24) is 0 Å². The molecule has 0 heterocycles. The Morgan fingerprint density at radius 3 is 0.788 bits per heavy atom. The second-order valence-corrected chi connectivity index (χ2v) is 11.9. The second kappa shape index (κ2) is 16.0. The molecule has 0 bridgehead atoms. The quantitative estimate of drug-likeness (QED) is 0.252. The van der Waals surface area contributed by atoms with Crippen molar-refractivity contribution in [2.75, 3.05) is 25.4 Å². The zero-order valence-electron chi connectivity index (χ0n) is 18.8. The van der Waals surface area contributed by atoms with Gasteiger partial charge in [-0.15, -0.1) is 0 Å². The van der Waals surface area contributed by atoms with Gasteiger partial charge in [-0.1, -0.05) is 121 Å². The standard InChI is InChI=1S/C26H24P2.C2H8N2.Ru/c1-5-13-23(14-6-1)27(24-15-7-2-8-16-24)21-22-28(25-17-9-3-10-18-25)26-19-11-4-12-20-26;3-1-2-4;/h1-20H,21-22H2;1-4H2;. The average molecular weight is 560 g/mol. The average Bonchev–Trinajstić information content (AvgIpc) is 2.89. The third-order valence-corrected chi connectivity index (χ3v) is 10.4. The van der Waals surface area contributed by atoms with E-state index >= 15 is 0 Å². The Morgan fingerprint density at radius 2 is 0.606 bits per heavy atom. The van der Waals surface area contributed by atoms with Crippen molar-refractivity contribution in [2.24, 2.45) is 11.5 Å². The summed E-state index contributed by atoms with van der Waals surface area (Å²) in [6.45, 7) is 1.19. The second-order valence-electron chi connectivity index (χ2n) is 7.22. The van der Waals surface area contributed by atoms with Crippen molar-refractivity contribution in [1.29, 1.82) is 0 Å². The van der Waals surface area contributed by atoms with Crippen LogP contribution in [0.25, 0.3) is 0 Å². The molecule has 0 amide bonds. The van der Waals surface area contributed by atoms with E-state index in [1.807, 2.05) is 0 Å². The van der Waals surface area contributed by atoms with Crippen molar-refractivity contribution in [3.8, 4) is 0 Å². The molecule has 0 aliphatic carbocycles. The van der Waals surface area contributed by atoms with E-state index in [0.717, 1.165) is 0 Å². The fourth-order valence-corrected chi connectivity index (χ4v) is 8.80. The first-order valence-electron chi connectivity index (χ1n) is 11.0. The van der Waals surface area contributed by atoms with Gasteiger partial charge < -0.3 is 11.5 Å². The maximum atomic E-state index is 4.90. The van der Waals surface area contributed by atoms with Crippen LogP contribution in [-0.2, 0) is 19.5 Å². The molecule has 4 aromatic rings. The molecule has 0 spiro atoms. The Balaban J connectivity index is 0.000000714. The Morgan fingerprint density at radius 1 is 0.394 bits per heavy atom. The Kier molecular flexibility index (Phi) is 13.3. The molecule has 0 aliphatic heterocycles. The van der Waals surface area contributed by atoms with E-state index in [2.05, 4.69) is 121 Å². The minimum absolute atomic E-state index is 0. The molecule has 172 valence electrons. The van der Waals surface area contributed by atoms with Crippen LogP contribution in [0.1, 0.15) is 0 Å². The summed E-state index contributed by atoms with van der Waals surface area (Å²) in [5.41, 5.74) is 9.81. The van der Waals surface area contributed by atoms with E-state index in [0.29, 0.717) is 13.1 Å². The Hall–Kier alpha value is -1.72. The first kappa shape index (κ1) is 27.5. The molecule has 0 radical (unpaired) electrons. The maximum absolute atomic E-state index is 4.90. The van der Waals surface area contributed by atoms with Gasteiger partial charge in [-0.25, -0.2) is 0 Å². The molecule has 4 rings (SSSR count). The predicted molar refractivity (Wildman–Crippen MR) is 146 cm³/mol. The number of hydrogen-bond donors (Lipinski definition) is 2. The topological polar surface area (TPSA) is 52.0 Å². The molecule has 4 N–H and O–H groups in total. The van der Waals surface area contributed by atoms with Crippen LogP contribution in [0.2, 0.25) is 0 Å². The fraction of sp³-hybridized carbons (Fsp3) is 0.143. The SMILES string of the molecule is NCCN.[Ru].c1ccc(P(CCP(c2ccccc2)c2ccccc2)c2ccccc2)cc1. The van der Waals surface area contributed by atoms with E-state index in [4.69, 9.17) is 11.5 Å². The van der Waals surface area contributed by atoms with Gasteiger partial charge in [0.25, 0.3) is 0 Å². The summed E-state index contributed by atoms with van der Waals surface area (Å²) in [6.07, 6.45) is 2.41. The smallest absolute Gasteiger partial charge is 0.00461 e. The summed E-state index contributed by atoms with van der Waals surface area (Å²) in [5, 5.41) is 5.89. The van der Waals surface area contributed by atoms with Crippen molar-refractivity contribution < 1.29 is 19.5 Å². The number of hydrogen-bond acceptors (Lipinski definition) is 2. The molecule has 0 aliphatic rings. The van der Waals surface area contributed by atoms with E-state index in [9.17, 15) is 0 Å². The van der Waals surface area contributed by atoms with E-state index in [-0.39, 0.29) is 35.3 Å². The van der Waals surface area contributed by atoms with Gasteiger partial charge in [0.05, 0.1) is 0 Å². The Bertz CT molecular complexity index is 839. The summed E-state index contributed by atoms with van der Waals surface area (Å²) in [6, 6.07) is 44.2. The molecule has 0 saturated heterocycles. The molecule has 33 heavy (non-hydrogen) atoms. The van der Waals surface area contributed by atoms with Crippen molar-refractivity contribution in [3.63, 3.8) is 0 Å². The minimum atomic E-state index is -0.348. The summed E-state index contributed by atoms with van der Waals surface area (Å²) >= 11 is 0. The van der Waals surface area contributed by atoms with Crippen LogP contribution in [0, 0.1) is 0 Å². The van der Waals surface area contributed by atoms with Crippen LogP contribution in [0.15, 0.2) is 121 Å². The summed E-state index contributed by atoms with van der Waals surface area (Å²) in [4.78, 5) is 0. The van der Waals surface area contributed by atoms with Crippen LogP contribution in [0.5, 0.6) is 0 Å². The molecular formula is C28H32N2P2Ru. The molecule has 0 unspecified atom stereocenters. The van der Waals surface area contributed by atoms with E-state index in [1.165, 1.54) is 33.5 Å². The number of nitrogens with two attached hydrogens (primary N) is 2. The molecule has 0 saturated carbocycles. The maximum Gasteiger partial charge on any atom is 0.00461 e. The van der Waals surface area contributed by atoms with E-state index in [1.54, 1.807) is 0 Å². The minimum Gasteiger partial charge on any atom is -0.329 e. The van der Waals surface area contributed by atoms with Crippen LogP contribution in [-0.4, -0.2) is 25.4 Å². The zero-order chi connectivity index (χ0) is 22.4. The monoisotopic (exact) mass is 560 g/mol. The van der Waals surface area contributed by atoms with Crippen molar-refractivity contribution in [2.45, 2.75) is 0 Å². The van der Waals surface area contributed by atoms with Crippen molar-refractivity contribution >= 4 is 37.1 Å². The fourth-order valence-electron chi connectivity index (χ4n) is 3.45. The van der Waals surface area contributed by atoms with Crippen LogP contribution < -0.4 is 32.7 Å². The van der Waals surface area contributed by atoms with Crippen LogP contribution in [0.3, 0.4) is 0 Å². The molecule has 2 nitrogen and oxygen atoms in total. The molecule has 5 heteroatoms. The van der Waals surface area contributed by atoms with Crippen molar-refractivity contribution in [3.05, 3.63) is 121 Å². The van der Waals surface area contributed by atoms with Gasteiger partial charge in [-0.05, 0) is 49.4 Å². The van der Waals surface area contributed by atoms with Gasteiger partial charge in [0.2, 0.25) is 0 Å².